The van der Waals surface area contributed by atoms with Crippen molar-refractivity contribution in [2.45, 2.75) is 42.5 Å². The zero-order valence-corrected chi connectivity index (χ0v) is 19.9. The lowest BCUT2D eigenvalue weighted by Gasteiger charge is -2.37. The number of nitrogens with zero attached hydrogens (tertiary/aromatic N) is 1. The Hall–Kier alpha value is -3.63. The maximum Gasteiger partial charge on any atom is 0.250 e. The lowest BCUT2D eigenvalue weighted by Crippen LogP contribution is -2.51. The highest BCUT2D eigenvalue weighted by Gasteiger charge is 2.39. The van der Waals surface area contributed by atoms with Crippen molar-refractivity contribution in [2.24, 2.45) is 0 Å². The Kier molecular flexibility index (Phi) is 6.71. The molecule has 3 aromatic carbocycles. The fourth-order valence-corrected chi connectivity index (χ4v) is 5.43. The van der Waals surface area contributed by atoms with Crippen molar-refractivity contribution in [2.75, 3.05) is 16.9 Å². The molecule has 34 heavy (non-hydrogen) atoms. The standard InChI is InChI=1S/C27H27N3O3S/c1-34(32,33)25-11-4-3-10-24(25)21-12-14-22(15-13-21)29-26(31)27(16-5-2-6-17-27)30-23-9-7-8-20(18-23)19-28/h3-4,7-15,18,30H,2,5-6,16-17H2,1H3,(H,29,31). The van der Waals surface area contributed by atoms with Gasteiger partial charge in [0.25, 0.3) is 0 Å². The Morgan fingerprint density at radius 2 is 1.62 bits per heavy atom. The molecule has 6 nitrogen and oxygen atoms in total. The molecule has 0 aromatic heterocycles. The van der Waals surface area contributed by atoms with Gasteiger partial charge in [0.15, 0.2) is 9.84 Å². The van der Waals surface area contributed by atoms with Gasteiger partial charge in [0.05, 0.1) is 16.5 Å². The van der Waals surface area contributed by atoms with Crippen LogP contribution in [-0.4, -0.2) is 26.1 Å². The summed E-state index contributed by atoms with van der Waals surface area (Å²) >= 11 is 0. The molecule has 0 spiro atoms. The fraction of sp³-hybridized carbons (Fsp3) is 0.259. The van der Waals surface area contributed by atoms with E-state index in [1.54, 1.807) is 48.5 Å². The molecule has 1 aliphatic rings. The smallest absolute Gasteiger partial charge is 0.250 e. The minimum atomic E-state index is -3.37. The van der Waals surface area contributed by atoms with Crippen molar-refractivity contribution in [3.8, 4) is 17.2 Å². The van der Waals surface area contributed by atoms with Crippen LogP contribution in [0.1, 0.15) is 37.7 Å². The van der Waals surface area contributed by atoms with E-state index < -0.39 is 15.4 Å². The van der Waals surface area contributed by atoms with Gasteiger partial charge in [-0.1, -0.05) is 55.7 Å². The molecule has 174 valence electrons. The summed E-state index contributed by atoms with van der Waals surface area (Å²) in [5, 5.41) is 15.7. The first-order valence-corrected chi connectivity index (χ1v) is 13.2. The number of sulfone groups is 1. The summed E-state index contributed by atoms with van der Waals surface area (Å²) < 4.78 is 24.3. The molecular formula is C27H27N3O3S. The predicted molar refractivity (Wildman–Crippen MR) is 134 cm³/mol. The highest BCUT2D eigenvalue weighted by molar-refractivity contribution is 7.90. The Morgan fingerprint density at radius 3 is 2.29 bits per heavy atom. The largest absolute Gasteiger partial charge is 0.371 e. The van der Waals surface area contributed by atoms with Gasteiger partial charge in [0.2, 0.25) is 5.91 Å². The summed E-state index contributed by atoms with van der Waals surface area (Å²) in [5.74, 6) is -0.112. The third kappa shape index (κ3) is 5.13. The molecule has 0 saturated heterocycles. The summed E-state index contributed by atoms with van der Waals surface area (Å²) in [6.45, 7) is 0. The van der Waals surface area contributed by atoms with Crippen LogP contribution in [0, 0.1) is 11.3 Å². The Balaban J connectivity index is 1.57. The van der Waals surface area contributed by atoms with Crippen LogP contribution in [0.3, 0.4) is 0 Å². The highest BCUT2D eigenvalue weighted by Crippen LogP contribution is 2.34. The first-order chi connectivity index (χ1) is 16.3. The number of hydrogen-bond donors (Lipinski definition) is 2. The molecule has 0 atom stereocenters. The van der Waals surface area contributed by atoms with Crippen molar-refractivity contribution in [3.05, 3.63) is 78.4 Å². The lowest BCUT2D eigenvalue weighted by molar-refractivity contribution is -0.121. The molecule has 0 radical (unpaired) electrons. The van der Waals surface area contributed by atoms with Gasteiger partial charge in [-0.15, -0.1) is 0 Å². The van der Waals surface area contributed by atoms with Gasteiger partial charge in [-0.2, -0.15) is 5.26 Å². The minimum absolute atomic E-state index is 0.112. The number of carbonyl (C=O) groups is 1. The molecule has 0 heterocycles. The van der Waals surface area contributed by atoms with E-state index >= 15 is 0 Å². The number of nitrogens with one attached hydrogen (secondary N) is 2. The average molecular weight is 474 g/mol. The monoisotopic (exact) mass is 473 g/mol. The first kappa shape index (κ1) is 23.5. The quantitative estimate of drug-likeness (QED) is 0.501. The Morgan fingerprint density at radius 1 is 0.912 bits per heavy atom. The van der Waals surface area contributed by atoms with Crippen molar-refractivity contribution in [1.29, 1.82) is 5.26 Å². The topological polar surface area (TPSA) is 99.1 Å². The number of amides is 1. The summed E-state index contributed by atoms with van der Waals surface area (Å²) in [5.41, 5.74) is 2.57. The zero-order valence-electron chi connectivity index (χ0n) is 19.0. The number of hydrogen-bond acceptors (Lipinski definition) is 5. The summed E-state index contributed by atoms with van der Waals surface area (Å²) in [7, 11) is -3.37. The van der Waals surface area contributed by atoms with E-state index in [0.29, 0.717) is 29.7 Å². The van der Waals surface area contributed by atoms with Crippen LogP contribution >= 0.6 is 0 Å². The van der Waals surface area contributed by atoms with E-state index in [1.807, 2.05) is 24.3 Å². The van der Waals surface area contributed by atoms with Crippen LogP contribution in [0.25, 0.3) is 11.1 Å². The first-order valence-electron chi connectivity index (χ1n) is 11.3. The lowest BCUT2D eigenvalue weighted by atomic mass is 9.80. The van der Waals surface area contributed by atoms with Crippen LogP contribution in [0.2, 0.25) is 0 Å². The van der Waals surface area contributed by atoms with E-state index in [0.717, 1.165) is 30.5 Å². The molecule has 4 rings (SSSR count). The fourth-order valence-electron chi connectivity index (χ4n) is 4.52. The van der Waals surface area contributed by atoms with Gasteiger partial charge >= 0.3 is 0 Å². The number of benzene rings is 3. The van der Waals surface area contributed by atoms with Crippen LogP contribution in [-0.2, 0) is 14.6 Å². The summed E-state index contributed by atoms with van der Waals surface area (Å²) in [4.78, 5) is 13.7. The van der Waals surface area contributed by atoms with Crippen LogP contribution < -0.4 is 10.6 Å². The van der Waals surface area contributed by atoms with Crippen LogP contribution in [0.5, 0.6) is 0 Å². The van der Waals surface area contributed by atoms with Crippen molar-refractivity contribution >= 4 is 27.1 Å². The van der Waals surface area contributed by atoms with Crippen LogP contribution in [0.4, 0.5) is 11.4 Å². The van der Waals surface area contributed by atoms with Crippen molar-refractivity contribution in [3.63, 3.8) is 0 Å². The molecule has 2 N–H and O–H groups in total. The van der Waals surface area contributed by atoms with Gasteiger partial charge in [-0.3, -0.25) is 4.79 Å². The number of rotatable bonds is 6. The van der Waals surface area contributed by atoms with Gasteiger partial charge in [0, 0.05) is 23.2 Å². The van der Waals surface area contributed by atoms with Crippen LogP contribution in [0.15, 0.2) is 77.7 Å². The van der Waals surface area contributed by atoms with E-state index in [1.165, 1.54) is 6.26 Å². The third-order valence-corrected chi connectivity index (χ3v) is 7.41. The summed E-state index contributed by atoms with van der Waals surface area (Å²) in [6.07, 6.45) is 5.58. The van der Waals surface area contributed by atoms with E-state index in [9.17, 15) is 18.5 Å². The molecule has 1 amide bonds. The zero-order chi connectivity index (χ0) is 24.2. The highest BCUT2D eigenvalue weighted by atomic mass is 32.2. The maximum absolute atomic E-state index is 13.5. The van der Waals surface area contributed by atoms with Gasteiger partial charge in [-0.25, -0.2) is 8.42 Å². The number of anilines is 2. The second-order valence-corrected chi connectivity index (χ2v) is 10.7. The van der Waals surface area contributed by atoms with Gasteiger partial charge < -0.3 is 10.6 Å². The van der Waals surface area contributed by atoms with Crippen molar-refractivity contribution in [1.82, 2.24) is 0 Å². The van der Waals surface area contributed by atoms with E-state index in [4.69, 9.17) is 0 Å². The third-order valence-electron chi connectivity index (χ3n) is 6.26. The molecule has 0 unspecified atom stereocenters. The molecule has 0 aliphatic heterocycles. The molecular weight excluding hydrogens is 446 g/mol. The van der Waals surface area contributed by atoms with Gasteiger partial charge in [-0.05, 0) is 54.8 Å². The maximum atomic E-state index is 13.5. The number of nitriles is 1. The van der Waals surface area contributed by atoms with E-state index in [2.05, 4.69) is 16.7 Å². The van der Waals surface area contributed by atoms with Crippen molar-refractivity contribution < 1.29 is 13.2 Å². The molecule has 1 aliphatic carbocycles. The Bertz CT molecular complexity index is 1340. The SMILES string of the molecule is CS(=O)(=O)c1ccccc1-c1ccc(NC(=O)C2(Nc3cccc(C#N)c3)CCCCC2)cc1. The summed E-state index contributed by atoms with van der Waals surface area (Å²) in [6, 6.07) is 23.4. The molecule has 1 fully saturated rings. The predicted octanol–water partition coefficient (Wildman–Crippen LogP) is 5.38. The Labute approximate surface area is 200 Å². The molecule has 7 heteroatoms. The second-order valence-electron chi connectivity index (χ2n) is 8.76. The minimum Gasteiger partial charge on any atom is -0.371 e. The average Bonchev–Trinajstić information content (AvgIpc) is 2.84. The van der Waals surface area contributed by atoms with E-state index in [-0.39, 0.29) is 10.8 Å². The molecule has 1 saturated carbocycles. The second kappa shape index (κ2) is 9.70. The number of carbonyl (C=O) groups excluding carboxylic acids is 1. The van der Waals surface area contributed by atoms with Gasteiger partial charge in [0.1, 0.15) is 5.54 Å². The normalized spacial score (nSPS) is 15.2. The molecule has 3 aromatic rings. The molecule has 0 bridgehead atoms.